The van der Waals surface area contributed by atoms with Crippen LogP contribution in [-0.4, -0.2) is 46.4 Å². The summed E-state index contributed by atoms with van der Waals surface area (Å²) in [7, 11) is 0. The van der Waals surface area contributed by atoms with Gasteiger partial charge in [-0.25, -0.2) is 0 Å². The van der Waals surface area contributed by atoms with Gasteiger partial charge in [0.2, 0.25) is 17.7 Å². The number of nitrogens with one attached hydrogen (secondary N) is 2. The molecule has 216 valence electrons. The van der Waals surface area contributed by atoms with E-state index < -0.39 is 29.6 Å². The topological polar surface area (TPSA) is 87.7 Å². The molecule has 0 radical (unpaired) electrons. The maximum atomic E-state index is 14.3. The van der Waals surface area contributed by atoms with Crippen LogP contribution in [0.2, 0.25) is 0 Å². The van der Waals surface area contributed by atoms with Crippen molar-refractivity contribution in [3.8, 4) is 0 Å². The molecule has 1 spiro atoms. The summed E-state index contributed by atoms with van der Waals surface area (Å²) in [6.07, 6.45) is 7.46. The molecule has 3 heterocycles. The number of hydrogen-bond acceptors (Lipinski definition) is 4. The minimum absolute atomic E-state index is 0.0681. The summed E-state index contributed by atoms with van der Waals surface area (Å²) in [4.78, 5) is 43.8. The first-order chi connectivity index (χ1) is 19.7. The Bertz CT molecular complexity index is 1350. The summed E-state index contributed by atoms with van der Waals surface area (Å²) in [5.74, 6) is -1.37. The fraction of sp³-hybridized carbons (Fsp3) is 0.500. The van der Waals surface area contributed by atoms with Gasteiger partial charge in [-0.05, 0) is 54.9 Å². The van der Waals surface area contributed by atoms with Crippen LogP contribution >= 0.6 is 0 Å². The first-order valence-corrected chi connectivity index (χ1v) is 15.1. The second-order valence-electron chi connectivity index (χ2n) is 12.8. The van der Waals surface area contributed by atoms with Gasteiger partial charge in [0.1, 0.15) is 11.6 Å². The van der Waals surface area contributed by atoms with E-state index in [2.05, 4.69) is 31.4 Å². The van der Waals surface area contributed by atoms with E-state index in [4.69, 9.17) is 4.74 Å². The predicted molar refractivity (Wildman–Crippen MR) is 158 cm³/mol. The number of aryl methyl sites for hydroxylation is 1. The fourth-order valence-corrected chi connectivity index (χ4v) is 7.30. The van der Waals surface area contributed by atoms with Crippen molar-refractivity contribution in [2.45, 2.75) is 89.6 Å². The Morgan fingerprint density at radius 1 is 1.02 bits per heavy atom. The third-order valence-electron chi connectivity index (χ3n) is 9.68. The van der Waals surface area contributed by atoms with Gasteiger partial charge in [0, 0.05) is 18.3 Å². The third-order valence-corrected chi connectivity index (χ3v) is 9.68. The lowest BCUT2D eigenvalue weighted by Crippen LogP contribution is -2.57. The third kappa shape index (κ3) is 4.88. The molecule has 0 aromatic heterocycles. The van der Waals surface area contributed by atoms with Crippen LogP contribution in [0, 0.1) is 24.7 Å². The van der Waals surface area contributed by atoms with Crippen LogP contribution in [0.25, 0.3) is 0 Å². The zero-order valence-corrected chi connectivity index (χ0v) is 24.4. The Hall–Kier alpha value is -3.45. The van der Waals surface area contributed by atoms with Crippen molar-refractivity contribution in [3.05, 3.63) is 77.4 Å². The van der Waals surface area contributed by atoms with E-state index in [0.29, 0.717) is 17.5 Å². The number of carbonyl (C=O) groups excluding carboxylic acids is 3. The van der Waals surface area contributed by atoms with Crippen molar-refractivity contribution in [1.29, 1.82) is 0 Å². The van der Waals surface area contributed by atoms with Crippen LogP contribution < -0.4 is 10.6 Å². The van der Waals surface area contributed by atoms with Crippen molar-refractivity contribution in [3.63, 3.8) is 0 Å². The molecule has 1 saturated carbocycles. The van der Waals surface area contributed by atoms with E-state index in [9.17, 15) is 14.4 Å². The average Bonchev–Trinajstić information content (AvgIpc) is 3.59. The van der Waals surface area contributed by atoms with Gasteiger partial charge in [-0.1, -0.05) is 87.7 Å². The smallest absolute Gasteiger partial charge is 0.246 e. The summed E-state index contributed by atoms with van der Waals surface area (Å²) in [5, 5.41) is 6.32. The van der Waals surface area contributed by atoms with Crippen LogP contribution in [0.15, 0.2) is 60.7 Å². The number of anilines is 1. The van der Waals surface area contributed by atoms with Crippen molar-refractivity contribution in [2.75, 3.05) is 5.32 Å². The molecule has 3 fully saturated rings. The number of benzene rings is 2. The zero-order valence-electron chi connectivity index (χ0n) is 24.4. The van der Waals surface area contributed by atoms with Crippen molar-refractivity contribution < 1.29 is 19.1 Å². The Morgan fingerprint density at radius 2 is 1.73 bits per heavy atom. The number of carbonyl (C=O) groups is 3. The van der Waals surface area contributed by atoms with Crippen LogP contribution in [0.3, 0.4) is 0 Å². The monoisotopic (exact) mass is 555 g/mol. The second-order valence-corrected chi connectivity index (χ2v) is 12.8. The van der Waals surface area contributed by atoms with Gasteiger partial charge in [0.25, 0.3) is 0 Å². The molecule has 2 N–H and O–H groups in total. The molecule has 4 aliphatic rings. The highest BCUT2D eigenvalue weighted by atomic mass is 16.5. The first-order valence-electron chi connectivity index (χ1n) is 15.1. The number of hydrogen-bond donors (Lipinski definition) is 2. The average molecular weight is 556 g/mol. The van der Waals surface area contributed by atoms with Crippen LogP contribution in [0.5, 0.6) is 0 Å². The summed E-state index contributed by atoms with van der Waals surface area (Å²) in [6, 6.07) is 15.0. The molecular formula is C34H41N3O4. The number of rotatable bonds is 7. The molecule has 2 bridgehead atoms. The Balaban J connectivity index is 1.30. The predicted octanol–water partition coefficient (Wildman–Crippen LogP) is 5.10. The molecule has 3 aliphatic heterocycles. The van der Waals surface area contributed by atoms with Gasteiger partial charge < -0.3 is 20.3 Å². The maximum absolute atomic E-state index is 14.3. The lowest BCUT2D eigenvalue weighted by atomic mass is 9.74. The number of ether oxygens (including phenoxy) is 1. The summed E-state index contributed by atoms with van der Waals surface area (Å²) >= 11 is 0. The second kappa shape index (κ2) is 10.8. The van der Waals surface area contributed by atoms with Gasteiger partial charge in [-0.3, -0.25) is 14.4 Å². The molecule has 1 aliphatic carbocycles. The number of amides is 3. The lowest BCUT2D eigenvalue weighted by Gasteiger charge is -2.36. The Morgan fingerprint density at radius 3 is 2.41 bits per heavy atom. The highest BCUT2D eigenvalue weighted by Gasteiger charge is 2.72. The van der Waals surface area contributed by atoms with Gasteiger partial charge in [0.05, 0.1) is 17.9 Å². The van der Waals surface area contributed by atoms with Crippen LogP contribution in [0.1, 0.15) is 69.1 Å². The molecule has 2 aromatic carbocycles. The van der Waals surface area contributed by atoms with E-state index in [1.807, 2.05) is 67.6 Å². The van der Waals surface area contributed by atoms with Crippen molar-refractivity contribution in [2.24, 2.45) is 17.8 Å². The zero-order chi connectivity index (χ0) is 28.9. The summed E-state index contributed by atoms with van der Waals surface area (Å²) < 4.78 is 6.52. The Kier molecular flexibility index (Phi) is 7.26. The van der Waals surface area contributed by atoms with Gasteiger partial charge in [-0.15, -0.1) is 0 Å². The minimum atomic E-state index is -1.17. The SMILES string of the molecule is Cc1ccc(CN2C(=O)[C@@H]3[C@H](C(=O)Nc4ccc(C(C)C)cc4)[C@@H]4C=C[C@@]3(O4)[C@@H]2C(=O)N[C@@H]2CCCC[C@H]2C)cc1. The molecule has 3 amide bonds. The maximum Gasteiger partial charge on any atom is 0.246 e. The Labute approximate surface area is 242 Å². The molecule has 6 rings (SSSR count). The van der Waals surface area contributed by atoms with Crippen LogP contribution in [0.4, 0.5) is 5.69 Å². The first kappa shape index (κ1) is 27.7. The van der Waals surface area contributed by atoms with Crippen molar-refractivity contribution in [1.82, 2.24) is 10.2 Å². The molecule has 2 saturated heterocycles. The van der Waals surface area contributed by atoms with Gasteiger partial charge in [0.15, 0.2) is 0 Å². The number of nitrogens with zero attached hydrogens (tertiary/aromatic N) is 1. The molecule has 7 heteroatoms. The van der Waals surface area contributed by atoms with Crippen LogP contribution in [-0.2, 0) is 25.7 Å². The molecule has 0 unspecified atom stereocenters. The standard InChI is InChI=1S/C34H41N3O4/c1-20(2)24-13-15-25(16-14-24)35-31(38)28-27-17-18-34(41-27)29(28)33(40)37(19-23-11-9-21(3)10-12-23)30(34)32(39)36-26-8-6-5-7-22(26)4/h9-18,20,22,26-30H,5-8,19H2,1-4H3,(H,35,38)(H,36,39)/t22-,26-,27+,28-,29+,30+,34+/m1/s1. The highest BCUT2D eigenvalue weighted by molar-refractivity contribution is 6.02. The number of fused-ring (bicyclic) bond motifs is 1. The van der Waals surface area contributed by atoms with Gasteiger partial charge in [-0.2, -0.15) is 0 Å². The van der Waals surface area contributed by atoms with E-state index in [1.54, 1.807) is 4.90 Å². The quantitative estimate of drug-likeness (QED) is 0.465. The largest absolute Gasteiger partial charge is 0.359 e. The highest BCUT2D eigenvalue weighted by Crippen LogP contribution is 2.55. The lowest BCUT2D eigenvalue weighted by molar-refractivity contribution is -0.142. The molecule has 7 atom stereocenters. The van der Waals surface area contributed by atoms with E-state index in [0.717, 1.165) is 30.4 Å². The van der Waals surface area contributed by atoms with E-state index in [-0.39, 0.29) is 30.3 Å². The molecular weight excluding hydrogens is 514 g/mol. The summed E-state index contributed by atoms with van der Waals surface area (Å²) in [5.41, 5.74) is 2.77. The normalized spacial score (nSPS) is 31.9. The van der Waals surface area contributed by atoms with E-state index >= 15 is 0 Å². The van der Waals surface area contributed by atoms with Crippen molar-refractivity contribution >= 4 is 23.4 Å². The molecule has 2 aromatic rings. The fourth-order valence-electron chi connectivity index (χ4n) is 7.30. The molecule has 41 heavy (non-hydrogen) atoms. The number of likely N-dealkylation sites (tertiary alicyclic amines) is 1. The molecule has 7 nitrogen and oxygen atoms in total. The minimum Gasteiger partial charge on any atom is -0.359 e. The van der Waals surface area contributed by atoms with E-state index in [1.165, 1.54) is 12.0 Å². The van der Waals surface area contributed by atoms with Gasteiger partial charge >= 0.3 is 0 Å². The summed E-state index contributed by atoms with van der Waals surface area (Å²) in [6.45, 7) is 8.74.